The first-order valence-electron chi connectivity index (χ1n) is 8.16. The summed E-state index contributed by atoms with van der Waals surface area (Å²) in [5, 5.41) is 6.09. The van der Waals surface area contributed by atoms with Crippen LogP contribution in [0.4, 0.5) is 13.2 Å². The van der Waals surface area contributed by atoms with Crippen molar-refractivity contribution in [2.75, 3.05) is 13.7 Å². The van der Waals surface area contributed by atoms with Crippen molar-refractivity contribution in [1.82, 2.24) is 10.7 Å². The molecule has 0 radical (unpaired) electrons. The third kappa shape index (κ3) is 6.75. The fraction of sp³-hybridized carbons (Fsp3) is 0.211. The Morgan fingerprint density at radius 3 is 2.25 bits per heavy atom. The van der Waals surface area contributed by atoms with Gasteiger partial charge in [0.05, 0.1) is 31.9 Å². The summed E-state index contributed by atoms with van der Waals surface area (Å²) in [6.07, 6.45) is -3.10. The van der Waals surface area contributed by atoms with E-state index < -0.39 is 17.6 Å². The maximum absolute atomic E-state index is 12.5. The molecule has 0 atom stereocenters. The zero-order valence-electron chi connectivity index (χ0n) is 14.9. The molecule has 28 heavy (non-hydrogen) atoms. The molecule has 2 rings (SSSR count). The summed E-state index contributed by atoms with van der Waals surface area (Å²) in [5.41, 5.74) is 2.57. The number of benzene rings is 2. The van der Waals surface area contributed by atoms with Crippen LogP contribution in [0.1, 0.15) is 16.7 Å². The van der Waals surface area contributed by atoms with Gasteiger partial charge >= 0.3 is 6.18 Å². The second-order valence-corrected chi connectivity index (χ2v) is 5.71. The highest BCUT2D eigenvalue weighted by Crippen LogP contribution is 2.28. The van der Waals surface area contributed by atoms with Crippen molar-refractivity contribution >= 4 is 18.0 Å². The summed E-state index contributed by atoms with van der Waals surface area (Å²) in [6, 6.07) is 11.2. The number of nitrogens with zero attached hydrogens (tertiary/aromatic N) is 1. The van der Waals surface area contributed by atoms with E-state index in [4.69, 9.17) is 4.74 Å². The molecule has 0 heterocycles. The van der Waals surface area contributed by atoms with Crippen LogP contribution in [0.15, 0.2) is 53.6 Å². The number of carbonyl (C=O) groups is 2. The summed E-state index contributed by atoms with van der Waals surface area (Å²) in [7, 11) is 1.54. The van der Waals surface area contributed by atoms with E-state index in [-0.39, 0.29) is 18.9 Å². The van der Waals surface area contributed by atoms with E-state index in [2.05, 4.69) is 15.8 Å². The standard InChI is InChI=1S/C19H18F3N3O3/c1-28-16-8-4-13(5-9-16)10-17(26)23-12-18(27)25-24-11-14-2-6-15(7-3-14)19(20,21)22/h2-9,11H,10,12H2,1H3,(H,23,26)(H,25,27)/b24-11-. The highest BCUT2D eigenvalue weighted by molar-refractivity contribution is 5.87. The quantitative estimate of drug-likeness (QED) is 0.560. The first-order chi connectivity index (χ1) is 13.3. The predicted molar refractivity (Wildman–Crippen MR) is 96.9 cm³/mol. The molecule has 2 aromatic rings. The summed E-state index contributed by atoms with van der Waals surface area (Å²) in [6.45, 7) is -0.278. The molecule has 0 bridgehead atoms. The van der Waals surface area contributed by atoms with Crippen molar-refractivity contribution in [2.45, 2.75) is 12.6 Å². The molecular formula is C19H18F3N3O3. The summed E-state index contributed by atoms with van der Waals surface area (Å²) in [4.78, 5) is 23.5. The lowest BCUT2D eigenvalue weighted by Gasteiger charge is -2.06. The number of methoxy groups -OCH3 is 1. The molecule has 0 aromatic heterocycles. The lowest BCUT2D eigenvalue weighted by atomic mass is 10.1. The van der Waals surface area contributed by atoms with Crippen LogP contribution in [-0.4, -0.2) is 31.7 Å². The number of hydrogen-bond donors (Lipinski definition) is 2. The van der Waals surface area contributed by atoms with Crippen molar-refractivity contribution in [3.05, 3.63) is 65.2 Å². The van der Waals surface area contributed by atoms with Crippen LogP contribution in [0.3, 0.4) is 0 Å². The minimum atomic E-state index is -4.41. The molecule has 0 aliphatic heterocycles. The molecule has 9 heteroatoms. The van der Waals surface area contributed by atoms with Gasteiger partial charge in [-0.3, -0.25) is 9.59 Å². The minimum Gasteiger partial charge on any atom is -0.497 e. The molecule has 0 fully saturated rings. The molecule has 0 unspecified atom stereocenters. The number of amides is 2. The second kappa shape index (κ2) is 9.54. The van der Waals surface area contributed by atoms with Crippen molar-refractivity contribution in [2.24, 2.45) is 5.10 Å². The maximum Gasteiger partial charge on any atom is 0.416 e. The zero-order valence-corrected chi connectivity index (χ0v) is 14.9. The maximum atomic E-state index is 12.5. The van der Waals surface area contributed by atoms with E-state index in [9.17, 15) is 22.8 Å². The Bertz CT molecular complexity index is 832. The average Bonchev–Trinajstić information content (AvgIpc) is 2.67. The molecule has 148 valence electrons. The lowest BCUT2D eigenvalue weighted by Crippen LogP contribution is -2.35. The molecular weight excluding hydrogens is 375 g/mol. The fourth-order valence-corrected chi connectivity index (χ4v) is 2.15. The average molecular weight is 393 g/mol. The summed E-state index contributed by atoms with van der Waals surface area (Å²) in [5.74, 6) is -0.229. The van der Waals surface area contributed by atoms with E-state index in [0.29, 0.717) is 11.3 Å². The highest BCUT2D eigenvalue weighted by Gasteiger charge is 2.29. The van der Waals surface area contributed by atoms with E-state index in [1.54, 1.807) is 31.4 Å². The number of carbonyl (C=O) groups excluding carboxylic acids is 2. The van der Waals surface area contributed by atoms with E-state index >= 15 is 0 Å². The first kappa shape index (κ1) is 20.9. The van der Waals surface area contributed by atoms with Gasteiger partial charge in [-0.15, -0.1) is 0 Å². The number of hydrazone groups is 1. The van der Waals surface area contributed by atoms with Crippen LogP contribution >= 0.6 is 0 Å². The van der Waals surface area contributed by atoms with Gasteiger partial charge < -0.3 is 10.1 Å². The van der Waals surface area contributed by atoms with E-state index in [1.165, 1.54) is 18.3 Å². The Kier molecular flexibility index (Phi) is 7.14. The second-order valence-electron chi connectivity index (χ2n) is 5.71. The normalized spacial score (nSPS) is 11.3. The van der Waals surface area contributed by atoms with Crippen LogP contribution in [0, 0.1) is 0 Å². The van der Waals surface area contributed by atoms with Crippen molar-refractivity contribution in [3.8, 4) is 5.75 Å². The molecule has 2 N–H and O–H groups in total. The summed E-state index contributed by atoms with van der Waals surface area (Å²) >= 11 is 0. The Morgan fingerprint density at radius 2 is 1.68 bits per heavy atom. The van der Waals surface area contributed by atoms with Crippen LogP contribution in [0.5, 0.6) is 5.75 Å². The smallest absolute Gasteiger partial charge is 0.416 e. The van der Waals surface area contributed by atoms with Gasteiger partial charge in [0.1, 0.15) is 5.75 Å². The third-order valence-corrected chi connectivity index (χ3v) is 3.61. The van der Waals surface area contributed by atoms with Crippen LogP contribution < -0.4 is 15.5 Å². The molecule has 2 amide bonds. The predicted octanol–water partition coefficient (Wildman–Crippen LogP) is 2.52. The number of rotatable bonds is 7. The molecule has 0 spiro atoms. The Morgan fingerprint density at radius 1 is 1.04 bits per heavy atom. The van der Waals surface area contributed by atoms with E-state index in [0.717, 1.165) is 17.7 Å². The number of halogens is 3. The third-order valence-electron chi connectivity index (χ3n) is 3.61. The number of nitrogens with one attached hydrogen (secondary N) is 2. The van der Waals surface area contributed by atoms with Gasteiger partial charge in [0.2, 0.25) is 5.91 Å². The Hall–Kier alpha value is -3.36. The van der Waals surface area contributed by atoms with Gasteiger partial charge in [0, 0.05) is 0 Å². The van der Waals surface area contributed by atoms with Gasteiger partial charge in [-0.25, -0.2) is 5.43 Å². The Labute approximate surface area is 159 Å². The minimum absolute atomic E-state index is 0.103. The molecule has 0 saturated heterocycles. The first-order valence-corrected chi connectivity index (χ1v) is 8.16. The lowest BCUT2D eigenvalue weighted by molar-refractivity contribution is -0.137. The van der Waals surface area contributed by atoms with Gasteiger partial charge in [-0.2, -0.15) is 18.3 Å². The molecule has 2 aromatic carbocycles. The van der Waals surface area contributed by atoms with Crippen molar-refractivity contribution in [1.29, 1.82) is 0 Å². The van der Waals surface area contributed by atoms with Gasteiger partial charge in [-0.1, -0.05) is 24.3 Å². The summed E-state index contributed by atoms with van der Waals surface area (Å²) < 4.78 is 42.4. The topological polar surface area (TPSA) is 79.8 Å². The van der Waals surface area contributed by atoms with Crippen molar-refractivity contribution < 1.29 is 27.5 Å². The number of ether oxygens (including phenoxy) is 1. The van der Waals surface area contributed by atoms with Crippen molar-refractivity contribution in [3.63, 3.8) is 0 Å². The van der Waals surface area contributed by atoms with Crippen LogP contribution in [0.25, 0.3) is 0 Å². The van der Waals surface area contributed by atoms with Crippen LogP contribution in [-0.2, 0) is 22.2 Å². The monoisotopic (exact) mass is 393 g/mol. The fourth-order valence-electron chi connectivity index (χ4n) is 2.15. The number of hydrogen-bond acceptors (Lipinski definition) is 4. The Balaban J connectivity index is 1.74. The SMILES string of the molecule is COc1ccc(CC(=O)NCC(=O)N/N=C\c2ccc(C(F)(F)F)cc2)cc1. The zero-order chi connectivity index (χ0) is 20.6. The van der Waals surface area contributed by atoms with Crippen LogP contribution in [0.2, 0.25) is 0 Å². The highest BCUT2D eigenvalue weighted by atomic mass is 19.4. The molecule has 6 nitrogen and oxygen atoms in total. The van der Waals surface area contributed by atoms with Gasteiger partial charge in [0.25, 0.3) is 5.91 Å². The number of alkyl halides is 3. The van der Waals surface area contributed by atoms with Gasteiger partial charge in [0.15, 0.2) is 0 Å². The largest absolute Gasteiger partial charge is 0.497 e. The molecule has 0 aliphatic carbocycles. The van der Waals surface area contributed by atoms with E-state index in [1.807, 2.05) is 0 Å². The van der Waals surface area contributed by atoms with Gasteiger partial charge in [-0.05, 0) is 35.4 Å². The molecule has 0 saturated carbocycles. The molecule has 0 aliphatic rings.